The molecule has 0 aliphatic carbocycles. The van der Waals surface area contributed by atoms with Crippen LogP contribution >= 0.6 is 11.9 Å². The molecule has 1 heterocycles. The molecule has 0 atom stereocenters. The molecule has 3 heteroatoms. The highest BCUT2D eigenvalue weighted by Crippen LogP contribution is 2.14. The lowest BCUT2D eigenvalue weighted by atomic mass is 10.3. The summed E-state index contributed by atoms with van der Waals surface area (Å²) in [6.45, 7) is 4.34. The van der Waals surface area contributed by atoms with E-state index in [4.69, 9.17) is 0 Å². The maximum absolute atomic E-state index is 4.32. The van der Waals surface area contributed by atoms with Crippen LogP contribution in [0.2, 0.25) is 0 Å². The molecule has 0 saturated carbocycles. The minimum atomic E-state index is 0.527. The molecule has 62 valence electrons. The zero-order valence-electron chi connectivity index (χ0n) is 7.24. The number of nitrogens with zero attached hydrogens (tertiary/aromatic N) is 2. The normalized spacial score (nSPS) is 20.7. The van der Waals surface area contributed by atoms with Crippen molar-refractivity contribution in [3.8, 4) is 0 Å². The van der Waals surface area contributed by atoms with E-state index in [-0.39, 0.29) is 0 Å². The Morgan fingerprint density at radius 3 is 2.91 bits per heavy atom. The number of hydrogen-bond acceptors (Lipinski definition) is 2. The lowest BCUT2D eigenvalue weighted by Crippen LogP contribution is -2.28. The van der Waals surface area contributed by atoms with Crippen LogP contribution in [0.5, 0.6) is 0 Å². The summed E-state index contributed by atoms with van der Waals surface area (Å²) in [5, 5.41) is 0. The number of amidine groups is 1. The zero-order valence-corrected chi connectivity index (χ0v) is 8.06. The first-order valence-electron chi connectivity index (χ1n) is 3.80. The molecule has 1 aliphatic heterocycles. The van der Waals surface area contributed by atoms with E-state index in [2.05, 4.69) is 35.4 Å². The Morgan fingerprint density at radius 2 is 2.36 bits per heavy atom. The number of rotatable bonds is 2. The van der Waals surface area contributed by atoms with Gasteiger partial charge in [-0.1, -0.05) is 6.08 Å². The number of hydrogen-bond donors (Lipinski definition) is 0. The molecule has 0 bridgehead atoms. The van der Waals surface area contributed by atoms with E-state index in [0.29, 0.717) is 6.04 Å². The lowest BCUT2D eigenvalue weighted by molar-refractivity contribution is 0.465. The van der Waals surface area contributed by atoms with Gasteiger partial charge >= 0.3 is 0 Å². The summed E-state index contributed by atoms with van der Waals surface area (Å²) in [4.78, 5) is 2.20. The van der Waals surface area contributed by atoms with Crippen molar-refractivity contribution < 1.29 is 0 Å². The first kappa shape index (κ1) is 8.65. The summed E-state index contributed by atoms with van der Waals surface area (Å²) in [6, 6.07) is 0.527. The summed E-state index contributed by atoms with van der Waals surface area (Å²) in [5.41, 5.74) is 0. The van der Waals surface area contributed by atoms with E-state index in [1.807, 2.05) is 6.26 Å². The second-order valence-corrected chi connectivity index (χ2v) is 3.33. The van der Waals surface area contributed by atoms with Crippen molar-refractivity contribution in [2.75, 3.05) is 6.26 Å². The average molecular weight is 170 g/mol. The Morgan fingerprint density at radius 1 is 1.64 bits per heavy atom. The third kappa shape index (κ3) is 1.99. The van der Waals surface area contributed by atoms with E-state index in [1.54, 1.807) is 0 Å². The summed E-state index contributed by atoms with van der Waals surface area (Å²) in [6.07, 6.45) is 7.23. The van der Waals surface area contributed by atoms with E-state index < -0.39 is 0 Å². The molecule has 0 N–H and O–H groups in total. The third-order valence-electron chi connectivity index (χ3n) is 1.62. The predicted octanol–water partition coefficient (Wildman–Crippen LogP) is 2.29. The Kier molecular flexibility index (Phi) is 3.00. The van der Waals surface area contributed by atoms with Crippen molar-refractivity contribution in [1.29, 1.82) is 0 Å². The first-order valence-corrected chi connectivity index (χ1v) is 4.99. The maximum Gasteiger partial charge on any atom is 0.121 e. The minimum absolute atomic E-state index is 0.527. The molecule has 1 rings (SSSR count). The van der Waals surface area contributed by atoms with E-state index in [9.17, 15) is 0 Å². The molecular formula is C8H14N2S. The topological polar surface area (TPSA) is 15.6 Å². The quantitative estimate of drug-likeness (QED) is 0.591. The SMILES string of the molecule is CSN=C1CC=CN1C(C)C. The molecule has 0 radical (unpaired) electrons. The standard InChI is InChI=1S/C8H14N2S/c1-7(2)10-6-4-5-8(10)9-11-3/h4,6-7H,5H2,1-3H3. The third-order valence-corrected chi connectivity index (χ3v) is 2.01. The smallest absolute Gasteiger partial charge is 0.121 e. The second kappa shape index (κ2) is 3.81. The summed E-state index contributed by atoms with van der Waals surface area (Å²) in [5.74, 6) is 1.17. The van der Waals surface area contributed by atoms with Gasteiger partial charge in [0.1, 0.15) is 5.84 Å². The highest BCUT2D eigenvalue weighted by molar-refractivity contribution is 7.97. The van der Waals surface area contributed by atoms with Gasteiger partial charge in [0.25, 0.3) is 0 Å². The van der Waals surface area contributed by atoms with Gasteiger partial charge in [0.2, 0.25) is 0 Å². The van der Waals surface area contributed by atoms with Gasteiger partial charge in [-0.2, -0.15) is 0 Å². The molecule has 1 aliphatic rings. The maximum atomic E-state index is 4.32. The van der Waals surface area contributed by atoms with Crippen LogP contribution < -0.4 is 0 Å². The Bertz CT molecular complexity index is 185. The highest BCUT2D eigenvalue weighted by atomic mass is 32.2. The largest absolute Gasteiger partial charge is 0.333 e. The van der Waals surface area contributed by atoms with E-state index in [1.165, 1.54) is 17.8 Å². The van der Waals surface area contributed by atoms with Crippen molar-refractivity contribution in [3.05, 3.63) is 12.3 Å². The van der Waals surface area contributed by atoms with Gasteiger partial charge in [0, 0.05) is 24.9 Å². The minimum Gasteiger partial charge on any atom is -0.333 e. The molecule has 0 unspecified atom stereocenters. The first-order chi connectivity index (χ1) is 5.25. The van der Waals surface area contributed by atoms with Crippen LogP contribution in [0.15, 0.2) is 16.7 Å². The van der Waals surface area contributed by atoms with E-state index >= 15 is 0 Å². The van der Waals surface area contributed by atoms with Crippen LogP contribution in [0, 0.1) is 0 Å². The zero-order chi connectivity index (χ0) is 8.27. The van der Waals surface area contributed by atoms with Crippen molar-refractivity contribution in [2.45, 2.75) is 26.3 Å². The predicted molar refractivity (Wildman–Crippen MR) is 51.7 cm³/mol. The van der Waals surface area contributed by atoms with Gasteiger partial charge in [0.15, 0.2) is 0 Å². The fourth-order valence-corrected chi connectivity index (χ4v) is 1.50. The van der Waals surface area contributed by atoms with Gasteiger partial charge in [0.05, 0.1) is 0 Å². The van der Waals surface area contributed by atoms with Crippen LogP contribution in [0.1, 0.15) is 20.3 Å². The Hall–Kier alpha value is -0.440. The summed E-state index contributed by atoms with van der Waals surface area (Å²) in [7, 11) is 0. The molecule has 2 nitrogen and oxygen atoms in total. The van der Waals surface area contributed by atoms with Crippen LogP contribution in [0.3, 0.4) is 0 Å². The Labute approximate surface area is 72.5 Å². The van der Waals surface area contributed by atoms with Crippen LogP contribution in [0.4, 0.5) is 0 Å². The highest BCUT2D eigenvalue weighted by Gasteiger charge is 2.15. The summed E-state index contributed by atoms with van der Waals surface area (Å²) < 4.78 is 4.32. The van der Waals surface area contributed by atoms with Crippen molar-refractivity contribution in [1.82, 2.24) is 4.90 Å². The van der Waals surface area contributed by atoms with Gasteiger partial charge in [-0.05, 0) is 25.8 Å². The van der Waals surface area contributed by atoms with Crippen molar-refractivity contribution in [2.24, 2.45) is 4.40 Å². The monoisotopic (exact) mass is 170 g/mol. The average Bonchev–Trinajstić information content (AvgIpc) is 2.36. The lowest BCUT2D eigenvalue weighted by Gasteiger charge is -2.20. The van der Waals surface area contributed by atoms with Gasteiger partial charge < -0.3 is 4.90 Å². The molecule has 0 spiro atoms. The summed E-state index contributed by atoms with van der Waals surface area (Å²) >= 11 is 1.53. The van der Waals surface area contributed by atoms with Gasteiger partial charge in [-0.3, -0.25) is 0 Å². The molecular weight excluding hydrogens is 156 g/mol. The molecule has 0 saturated heterocycles. The molecule has 0 aromatic carbocycles. The van der Waals surface area contributed by atoms with E-state index in [0.717, 1.165) is 6.42 Å². The fraction of sp³-hybridized carbons (Fsp3) is 0.625. The van der Waals surface area contributed by atoms with Crippen LogP contribution in [-0.4, -0.2) is 23.0 Å². The van der Waals surface area contributed by atoms with Gasteiger partial charge in [-0.25, -0.2) is 4.40 Å². The molecule has 0 amide bonds. The molecule has 0 fully saturated rings. The molecule has 11 heavy (non-hydrogen) atoms. The molecule has 0 aromatic heterocycles. The molecule has 0 aromatic rings. The second-order valence-electron chi connectivity index (χ2n) is 2.78. The fourth-order valence-electron chi connectivity index (χ4n) is 1.12. The Balaban J connectivity index is 2.63. The van der Waals surface area contributed by atoms with Crippen LogP contribution in [0.25, 0.3) is 0 Å². The van der Waals surface area contributed by atoms with Gasteiger partial charge in [-0.15, -0.1) is 0 Å². The van der Waals surface area contributed by atoms with Crippen molar-refractivity contribution in [3.63, 3.8) is 0 Å². The van der Waals surface area contributed by atoms with Crippen LogP contribution in [-0.2, 0) is 0 Å². The van der Waals surface area contributed by atoms with Crippen molar-refractivity contribution >= 4 is 17.8 Å².